The maximum atomic E-state index is 10.8. The second-order valence-corrected chi connectivity index (χ2v) is 1.91. The first-order valence-corrected chi connectivity index (χ1v) is 3.26. The lowest BCUT2D eigenvalue weighted by Gasteiger charge is -1.98. The minimum Gasteiger partial charge on any atom is -0.448 e. The Kier molecular flexibility index (Phi) is 2.80. The van der Waals surface area contributed by atoms with Gasteiger partial charge in [0.05, 0.1) is 0 Å². The molecule has 0 aliphatic rings. The van der Waals surface area contributed by atoms with Gasteiger partial charge in [0.1, 0.15) is 0 Å². The number of oxazole rings is 1. The lowest BCUT2D eigenvalue weighted by Crippen LogP contribution is -2.31. The lowest BCUT2D eigenvalue weighted by molar-refractivity contribution is -0.115. The van der Waals surface area contributed by atoms with E-state index in [9.17, 15) is 9.59 Å². The SMILES string of the molecule is C=CC(=O)NC(=O)Oc1cocn1. The molecule has 0 aliphatic heterocycles. The Morgan fingerprint density at radius 1 is 1.69 bits per heavy atom. The van der Waals surface area contributed by atoms with Crippen molar-refractivity contribution in [2.75, 3.05) is 0 Å². The fourth-order valence-electron chi connectivity index (χ4n) is 0.524. The zero-order valence-electron chi connectivity index (χ0n) is 6.52. The van der Waals surface area contributed by atoms with E-state index < -0.39 is 12.0 Å². The van der Waals surface area contributed by atoms with Crippen molar-refractivity contribution in [3.63, 3.8) is 0 Å². The number of aromatic nitrogens is 1. The van der Waals surface area contributed by atoms with Crippen molar-refractivity contribution in [3.8, 4) is 5.88 Å². The van der Waals surface area contributed by atoms with Crippen LogP contribution in [0.2, 0.25) is 0 Å². The van der Waals surface area contributed by atoms with Gasteiger partial charge in [-0.25, -0.2) is 4.79 Å². The highest BCUT2D eigenvalue weighted by Crippen LogP contribution is 2.03. The normalized spacial score (nSPS) is 8.92. The van der Waals surface area contributed by atoms with Crippen LogP contribution in [0.3, 0.4) is 0 Å². The maximum Gasteiger partial charge on any atom is 0.421 e. The molecule has 6 nitrogen and oxygen atoms in total. The van der Waals surface area contributed by atoms with Crippen LogP contribution >= 0.6 is 0 Å². The highest BCUT2D eigenvalue weighted by atomic mass is 16.6. The zero-order chi connectivity index (χ0) is 9.68. The van der Waals surface area contributed by atoms with Crippen molar-refractivity contribution >= 4 is 12.0 Å². The Labute approximate surface area is 73.2 Å². The molecular weight excluding hydrogens is 176 g/mol. The second kappa shape index (κ2) is 4.05. The first-order valence-electron chi connectivity index (χ1n) is 3.26. The molecule has 68 valence electrons. The Balaban J connectivity index is 2.42. The summed E-state index contributed by atoms with van der Waals surface area (Å²) in [4.78, 5) is 24.9. The van der Waals surface area contributed by atoms with Crippen molar-refractivity contribution < 1.29 is 18.7 Å². The fourth-order valence-corrected chi connectivity index (χ4v) is 0.524. The van der Waals surface area contributed by atoms with Crippen molar-refractivity contribution in [2.24, 2.45) is 0 Å². The number of ether oxygens (including phenoxy) is 1. The quantitative estimate of drug-likeness (QED) is 0.672. The summed E-state index contributed by atoms with van der Waals surface area (Å²) in [7, 11) is 0. The number of amides is 2. The van der Waals surface area contributed by atoms with E-state index in [0.717, 1.165) is 18.7 Å². The summed E-state index contributed by atoms with van der Waals surface area (Å²) in [5.74, 6) is -0.664. The number of nitrogens with one attached hydrogen (secondary N) is 1. The fraction of sp³-hybridized carbons (Fsp3) is 0. The first-order chi connectivity index (χ1) is 6.22. The summed E-state index contributed by atoms with van der Waals surface area (Å²) in [6, 6.07) is 0. The van der Waals surface area contributed by atoms with Gasteiger partial charge in [0, 0.05) is 0 Å². The molecule has 0 unspecified atom stereocenters. The van der Waals surface area contributed by atoms with Crippen LogP contribution in [0.1, 0.15) is 0 Å². The summed E-state index contributed by atoms with van der Waals surface area (Å²) in [6.45, 7) is 3.16. The number of carbonyl (C=O) groups is 2. The molecule has 1 rings (SSSR count). The molecule has 0 saturated heterocycles. The van der Waals surface area contributed by atoms with E-state index in [1.165, 1.54) is 0 Å². The summed E-state index contributed by atoms with van der Waals surface area (Å²) in [5.41, 5.74) is 0. The van der Waals surface area contributed by atoms with Crippen LogP contribution in [0.5, 0.6) is 5.88 Å². The molecule has 6 heteroatoms. The standard InChI is InChI=1S/C7H6N2O4/c1-2-5(10)9-7(11)13-6-3-12-4-8-6/h2-4H,1H2,(H,9,10,11). The minimum absolute atomic E-state index is 0.0191. The molecule has 0 atom stereocenters. The van der Waals surface area contributed by atoms with E-state index in [2.05, 4.69) is 20.7 Å². The molecule has 1 aromatic heterocycles. The molecule has 0 fully saturated rings. The number of nitrogens with zero attached hydrogens (tertiary/aromatic N) is 1. The van der Waals surface area contributed by atoms with E-state index in [0.29, 0.717) is 0 Å². The van der Waals surface area contributed by atoms with E-state index in [1.807, 2.05) is 5.32 Å². The van der Waals surface area contributed by atoms with Gasteiger partial charge in [0.25, 0.3) is 11.8 Å². The Hall–Kier alpha value is -2.11. The van der Waals surface area contributed by atoms with Crippen molar-refractivity contribution in [2.45, 2.75) is 0 Å². The highest BCUT2D eigenvalue weighted by molar-refractivity contribution is 5.98. The largest absolute Gasteiger partial charge is 0.448 e. The first kappa shape index (κ1) is 8.98. The van der Waals surface area contributed by atoms with Crippen LogP contribution in [0.25, 0.3) is 0 Å². The van der Waals surface area contributed by atoms with Crippen LogP contribution in [0.15, 0.2) is 29.7 Å². The topological polar surface area (TPSA) is 81.4 Å². The molecular formula is C7H6N2O4. The molecule has 1 N–H and O–H groups in total. The van der Waals surface area contributed by atoms with Crippen LogP contribution in [-0.4, -0.2) is 17.0 Å². The van der Waals surface area contributed by atoms with Gasteiger partial charge in [0.15, 0.2) is 12.7 Å². The Bertz CT molecular complexity index is 317. The number of imide groups is 1. The van der Waals surface area contributed by atoms with E-state index in [4.69, 9.17) is 0 Å². The van der Waals surface area contributed by atoms with Gasteiger partial charge in [0.2, 0.25) is 0 Å². The third-order valence-corrected chi connectivity index (χ3v) is 1.02. The third-order valence-electron chi connectivity index (χ3n) is 1.02. The van der Waals surface area contributed by atoms with E-state index >= 15 is 0 Å². The molecule has 0 saturated carbocycles. The predicted molar refractivity (Wildman–Crippen MR) is 40.9 cm³/mol. The maximum absolute atomic E-state index is 10.8. The summed E-state index contributed by atoms with van der Waals surface area (Å²) in [6.07, 6.45) is 2.23. The lowest BCUT2D eigenvalue weighted by atomic mass is 10.6. The molecule has 0 bridgehead atoms. The molecule has 13 heavy (non-hydrogen) atoms. The number of hydrogen-bond acceptors (Lipinski definition) is 5. The Morgan fingerprint density at radius 2 is 2.46 bits per heavy atom. The van der Waals surface area contributed by atoms with Crippen molar-refractivity contribution in [1.29, 1.82) is 0 Å². The zero-order valence-corrected chi connectivity index (χ0v) is 6.52. The minimum atomic E-state index is -0.932. The predicted octanol–water partition coefficient (Wildman–Crippen LogP) is 0.476. The van der Waals surface area contributed by atoms with E-state index in [-0.39, 0.29) is 5.88 Å². The van der Waals surface area contributed by atoms with Gasteiger partial charge in [-0.15, -0.1) is 0 Å². The molecule has 1 aromatic rings. The van der Waals surface area contributed by atoms with Crippen molar-refractivity contribution in [3.05, 3.63) is 25.3 Å². The van der Waals surface area contributed by atoms with Crippen molar-refractivity contribution in [1.82, 2.24) is 10.3 Å². The summed E-state index contributed by atoms with van der Waals surface area (Å²) < 4.78 is 9.03. The highest BCUT2D eigenvalue weighted by Gasteiger charge is 2.08. The summed E-state index contributed by atoms with van der Waals surface area (Å²) >= 11 is 0. The van der Waals surface area contributed by atoms with Gasteiger partial charge in [-0.05, 0) is 6.08 Å². The van der Waals surface area contributed by atoms with Crippen LogP contribution in [0.4, 0.5) is 4.79 Å². The second-order valence-electron chi connectivity index (χ2n) is 1.91. The molecule has 0 radical (unpaired) electrons. The summed E-state index contributed by atoms with van der Waals surface area (Å²) in [5, 5.41) is 1.87. The smallest absolute Gasteiger partial charge is 0.421 e. The molecule has 2 amide bonds. The van der Waals surface area contributed by atoms with Crippen LogP contribution in [-0.2, 0) is 4.79 Å². The van der Waals surface area contributed by atoms with Gasteiger partial charge in [-0.1, -0.05) is 6.58 Å². The third kappa shape index (κ3) is 2.78. The van der Waals surface area contributed by atoms with Gasteiger partial charge >= 0.3 is 6.09 Å². The number of carbonyl (C=O) groups excluding carboxylic acids is 2. The average Bonchev–Trinajstić information content (AvgIpc) is 2.56. The average molecular weight is 182 g/mol. The van der Waals surface area contributed by atoms with E-state index in [1.54, 1.807) is 0 Å². The molecule has 0 spiro atoms. The molecule has 0 aliphatic carbocycles. The monoisotopic (exact) mass is 182 g/mol. The number of hydrogen-bond donors (Lipinski definition) is 1. The molecule has 1 heterocycles. The molecule has 0 aromatic carbocycles. The van der Waals surface area contributed by atoms with Gasteiger partial charge in [-0.2, -0.15) is 4.98 Å². The Morgan fingerprint density at radius 3 is 3.00 bits per heavy atom. The van der Waals surface area contributed by atoms with Gasteiger partial charge < -0.3 is 9.15 Å². The van der Waals surface area contributed by atoms with Crippen LogP contribution < -0.4 is 10.1 Å². The number of rotatable bonds is 2. The van der Waals surface area contributed by atoms with Gasteiger partial charge in [-0.3, -0.25) is 10.1 Å². The van der Waals surface area contributed by atoms with Crippen LogP contribution in [0, 0.1) is 0 Å².